The van der Waals surface area contributed by atoms with Gasteiger partial charge in [-0.1, -0.05) is 13.0 Å². The van der Waals surface area contributed by atoms with Crippen LogP contribution in [0, 0.1) is 16.7 Å². The van der Waals surface area contributed by atoms with E-state index in [1.807, 2.05) is 19.9 Å². The summed E-state index contributed by atoms with van der Waals surface area (Å²) in [5, 5.41) is 11.6. The van der Waals surface area contributed by atoms with Gasteiger partial charge in [-0.15, -0.1) is 0 Å². The predicted molar refractivity (Wildman–Crippen MR) is 70.4 cm³/mol. The number of carbonyl (C=O) groups is 2. The smallest absolute Gasteiger partial charge is 0.328 e. The summed E-state index contributed by atoms with van der Waals surface area (Å²) in [6.07, 6.45) is 0.639. The number of urea groups is 1. The van der Waals surface area contributed by atoms with Crippen molar-refractivity contribution >= 4 is 17.6 Å². The van der Waals surface area contributed by atoms with Crippen molar-refractivity contribution in [2.75, 3.05) is 11.4 Å². The van der Waals surface area contributed by atoms with E-state index >= 15 is 0 Å². The van der Waals surface area contributed by atoms with Crippen molar-refractivity contribution in [1.29, 1.82) is 5.26 Å². The number of amides is 3. The molecule has 1 fully saturated rings. The van der Waals surface area contributed by atoms with Crippen molar-refractivity contribution in [2.24, 2.45) is 5.41 Å². The van der Waals surface area contributed by atoms with Crippen LogP contribution in [0.1, 0.15) is 25.8 Å². The van der Waals surface area contributed by atoms with E-state index in [0.717, 1.165) is 4.90 Å². The van der Waals surface area contributed by atoms with Crippen LogP contribution in [0.2, 0.25) is 0 Å². The normalized spacial score (nSPS) is 22.9. The lowest BCUT2D eigenvalue weighted by Crippen LogP contribution is -2.59. The Bertz CT molecular complexity index is 576. The van der Waals surface area contributed by atoms with Crippen LogP contribution in [-0.2, 0) is 4.79 Å². The minimum atomic E-state index is -0.601. The Balaban J connectivity index is 2.44. The maximum Gasteiger partial charge on any atom is 0.328 e. The summed E-state index contributed by atoms with van der Waals surface area (Å²) in [4.78, 5) is 25.5. The molecule has 5 nitrogen and oxygen atoms in total. The highest BCUT2D eigenvalue weighted by molar-refractivity contribution is 6.17. The maximum absolute atomic E-state index is 12.5. The van der Waals surface area contributed by atoms with Crippen molar-refractivity contribution < 1.29 is 9.59 Å². The number of carbonyl (C=O) groups excluding carboxylic acids is 2. The van der Waals surface area contributed by atoms with E-state index < -0.39 is 11.4 Å². The molecular weight excluding hydrogens is 242 g/mol. The quantitative estimate of drug-likeness (QED) is 0.881. The molecule has 1 aromatic carbocycles. The molecule has 1 heterocycles. The number of nitrogens with one attached hydrogen (secondary N) is 1. The lowest BCUT2D eigenvalue weighted by molar-refractivity contribution is -0.127. The number of anilines is 1. The molecule has 1 aliphatic heterocycles. The van der Waals surface area contributed by atoms with E-state index in [-0.39, 0.29) is 5.91 Å². The van der Waals surface area contributed by atoms with Gasteiger partial charge in [0.15, 0.2) is 0 Å². The van der Waals surface area contributed by atoms with E-state index in [0.29, 0.717) is 24.2 Å². The fourth-order valence-electron chi connectivity index (χ4n) is 2.01. The Labute approximate surface area is 111 Å². The van der Waals surface area contributed by atoms with Gasteiger partial charge in [-0.2, -0.15) is 5.26 Å². The van der Waals surface area contributed by atoms with Crippen LogP contribution in [-0.4, -0.2) is 18.5 Å². The topological polar surface area (TPSA) is 73.2 Å². The molecule has 0 aliphatic carbocycles. The van der Waals surface area contributed by atoms with E-state index in [1.165, 1.54) is 0 Å². The van der Waals surface area contributed by atoms with Gasteiger partial charge in [-0.3, -0.25) is 4.79 Å². The lowest BCUT2D eigenvalue weighted by Gasteiger charge is -2.37. The van der Waals surface area contributed by atoms with E-state index in [9.17, 15) is 9.59 Å². The monoisotopic (exact) mass is 257 g/mol. The summed E-state index contributed by atoms with van der Waals surface area (Å²) in [6, 6.07) is 8.05. The Morgan fingerprint density at radius 1 is 1.47 bits per heavy atom. The molecule has 1 saturated heterocycles. The van der Waals surface area contributed by atoms with Crippen LogP contribution in [0.5, 0.6) is 0 Å². The molecule has 19 heavy (non-hydrogen) atoms. The first-order chi connectivity index (χ1) is 9.01. The zero-order valence-electron chi connectivity index (χ0n) is 10.9. The summed E-state index contributed by atoms with van der Waals surface area (Å²) >= 11 is 0. The number of nitriles is 1. The number of hydrogen-bond donors (Lipinski definition) is 1. The highest BCUT2D eigenvalue weighted by atomic mass is 16.2. The van der Waals surface area contributed by atoms with Crippen LogP contribution in [0.3, 0.4) is 0 Å². The zero-order valence-corrected chi connectivity index (χ0v) is 10.9. The first kappa shape index (κ1) is 13.1. The number of nitrogens with zero attached hydrogens (tertiary/aromatic N) is 2. The van der Waals surface area contributed by atoms with Crippen molar-refractivity contribution in [2.45, 2.75) is 20.3 Å². The minimum Gasteiger partial charge on any atom is -0.336 e. The number of rotatable bonds is 2. The molecule has 1 atom stereocenters. The number of benzene rings is 1. The number of imide groups is 1. The molecule has 3 amide bonds. The van der Waals surface area contributed by atoms with Gasteiger partial charge in [0, 0.05) is 6.54 Å². The molecule has 0 radical (unpaired) electrons. The van der Waals surface area contributed by atoms with Crippen molar-refractivity contribution in [3.05, 3.63) is 29.8 Å². The Kier molecular flexibility index (Phi) is 3.26. The molecule has 5 heteroatoms. The summed E-state index contributed by atoms with van der Waals surface area (Å²) < 4.78 is 0. The second kappa shape index (κ2) is 4.73. The molecule has 0 spiro atoms. The molecule has 1 unspecified atom stereocenters. The summed E-state index contributed by atoms with van der Waals surface area (Å²) in [6.45, 7) is 4.09. The third-order valence-electron chi connectivity index (χ3n) is 3.57. The van der Waals surface area contributed by atoms with Crippen LogP contribution < -0.4 is 10.2 Å². The molecule has 1 N–H and O–H groups in total. The summed E-state index contributed by atoms with van der Waals surface area (Å²) in [7, 11) is 0. The first-order valence-corrected chi connectivity index (χ1v) is 6.14. The Hall–Kier alpha value is -2.35. The fourth-order valence-corrected chi connectivity index (χ4v) is 2.01. The fraction of sp³-hybridized carbons (Fsp3) is 0.357. The Morgan fingerprint density at radius 2 is 2.21 bits per heavy atom. The highest BCUT2D eigenvalue weighted by Gasteiger charge is 2.43. The molecular formula is C14H15N3O2. The molecule has 1 aliphatic rings. The summed E-state index contributed by atoms with van der Waals surface area (Å²) in [5.74, 6) is -0.228. The predicted octanol–water partition coefficient (Wildman–Crippen LogP) is 2.03. The third kappa shape index (κ3) is 2.17. The molecule has 0 aromatic heterocycles. The molecule has 1 aromatic rings. The van der Waals surface area contributed by atoms with Crippen LogP contribution in [0.25, 0.3) is 0 Å². The molecule has 0 bridgehead atoms. The highest BCUT2D eigenvalue weighted by Crippen LogP contribution is 2.30. The van der Waals surface area contributed by atoms with Crippen molar-refractivity contribution in [3.63, 3.8) is 0 Å². The van der Waals surface area contributed by atoms with Gasteiger partial charge in [0.1, 0.15) is 0 Å². The maximum atomic E-state index is 12.5. The Morgan fingerprint density at radius 3 is 2.84 bits per heavy atom. The second-order valence-electron chi connectivity index (χ2n) is 4.88. The van der Waals surface area contributed by atoms with Gasteiger partial charge < -0.3 is 5.32 Å². The van der Waals surface area contributed by atoms with Crippen LogP contribution in [0.4, 0.5) is 10.5 Å². The van der Waals surface area contributed by atoms with Crippen molar-refractivity contribution in [1.82, 2.24) is 5.32 Å². The van der Waals surface area contributed by atoms with E-state index in [1.54, 1.807) is 24.3 Å². The lowest BCUT2D eigenvalue weighted by atomic mass is 9.84. The largest absolute Gasteiger partial charge is 0.336 e. The van der Waals surface area contributed by atoms with Gasteiger partial charge in [0.2, 0.25) is 5.91 Å². The number of hydrogen-bond acceptors (Lipinski definition) is 3. The van der Waals surface area contributed by atoms with Gasteiger partial charge in [-0.05, 0) is 31.5 Å². The minimum absolute atomic E-state index is 0.228. The zero-order chi connectivity index (χ0) is 14.0. The summed E-state index contributed by atoms with van der Waals surface area (Å²) in [5.41, 5.74) is 0.249. The SMILES string of the molecule is CCC1(C)CNC(=O)N(c2cccc(C#N)c2)C1=O. The van der Waals surface area contributed by atoms with Crippen LogP contribution in [0.15, 0.2) is 24.3 Å². The van der Waals surface area contributed by atoms with E-state index in [4.69, 9.17) is 5.26 Å². The molecule has 2 rings (SSSR count). The third-order valence-corrected chi connectivity index (χ3v) is 3.57. The molecule has 0 saturated carbocycles. The van der Waals surface area contributed by atoms with Gasteiger partial charge in [-0.25, -0.2) is 9.69 Å². The van der Waals surface area contributed by atoms with Gasteiger partial charge >= 0.3 is 6.03 Å². The molecule has 98 valence electrons. The van der Waals surface area contributed by atoms with Gasteiger partial charge in [0.05, 0.1) is 22.7 Å². The second-order valence-corrected chi connectivity index (χ2v) is 4.88. The standard InChI is InChI=1S/C14H15N3O2/c1-3-14(2)9-16-13(19)17(12(14)18)11-6-4-5-10(7-11)8-15/h4-7H,3,9H2,1-2H3,(H,16,19). The van der Waals surface area contributed by atoms with Crippen molar-refractivity contribution in [3.8, 4) is 6.07 Å². The van der Waals surface area contributed by atoms with Gasteiger partial charge in [0.25, 0.3) is 0 Å². The average molecular weight is 257 g/mol. The first-order valence-electron chi connectivity index (χ1n) is 6.14. The average Bonchev–Trinajstić information content (AvgIpc) is 2.44. The van der Waals surface area contributed by atoms with E-state index in [2.05, 4.69) is 5.32 Å². The van der Waals surface area contributed by atoms with Crippen LogP contribution >= 0.6 is 0 Å².